The van der Waals surface area contributed by atoms with Crippen LogP contribution in [-0.2, 0) is 5.75 Å². The van der Waals surface area contributed by atoms with Crippen LogP contribution in [0.1, 0.15) is 34.3 Å². The number of hydrogen-bond acceptors (Lipinski definition) is 4. The summed E-state index contributed by atoms with van der Waals surface area (Å²) in [6.07, 6.45) is 2.17. The van der Waals surface area contributed by atoms with Gasteiger partial charge in [0.2, 0.25) is 0 Å². The molecule has 1 aliphatic heterocycles. The number of benzene rings is 3. The summed E-state index contributed by atoms with van der Waals surface area (Å²) in [6, 6.07) is 22.3. The van der Waals surface area contributed by atoms with Gasteiger partial charge >= 0.3 is 0 Å². The van der Waals surface area contributed by atoms with Gasteiger partial charge in [0.1, 0.15) is 5.82 Å². The highest BCUT2D eigenvalue weighted by molar-refractivity contribution is 7.98. The largest absolute Gasteiger partial charge is 0.339 e. The highest BCUT2D eigenvalue weighted by atomic mass is 32.2. The molecule has 1 fully saturated rings. The summed E-state index contributed by atoms with van der Waals surface area (Å²) >= 11 is 1.56. The molecule has 1 amide bonds. The quantitative estimate of drug-likeness (QED) is 0.327. The summed E-state index contributed by atoms with van der Waals surface area (Å²) in [5.74, 6) is 1.20. The monoisotopic (exact) mass is 472 g/mol. The molecule has 172 valence electrons. The molecule has 0 N–H and O–H groups in total. The van der Waals surface area contributed by atoms with Crippen molar-refractivity contribution in [2.24, 2.45) is 0 Å². The van der Waals surface area contributed by atoms with Crippen molar-refractivity contribution in [1.82, 2.24) is 19.7 Å². The van der Waals surface area contributed by atoms with Crippen molar-refractivity contribution in [2.75, 3.05) is 13.1 Å². The van der Waals surface area contributed by atoms with Gasteiger partial charge in [-0.15, -0.1) is 10.2 Å². The van der Waals surface area contributed by atoms with E-state index in [0.29, 0.717) is 11.6 Å². The van der Waals surface area contributed by atoms with Crippen molar-refractivity contribution in [1.29, 1.82) is 0 Å². The van der Waals surface area contributed by atoms with Gasteiger partial charge in [-0.3, -0.25) is 9.36 Å². The first-order chi connectivity index (χ1) is 16.6. The van der Waals surface area contributed by atoms with Crippen LogP contribution in [0.5, 0.6) is 0 Å². The number of aryl methyl sites for hydroxylation is 1. The topological polar surface area (TPSA) is 51.0 Å². The summed E-state index contributed by atoms with van der Waals surface area (Å²) in [5, 5.41) is 9.63. The Kier molecular flexibility index (Phi) is 6.45. The Balaban J connectivity index is 1.38. The first kappa shape index (κ1) is 22.3. The number of nitrogens with zero attached hydrogens (tertiary/aromatic N) is 4. The van der Waals surface area contributed by atoms with Gasteiger partial charge in [-0.25, -0.2) is 4.39 Å². The molecule has 0 radical (unpaired) electrons. The molecular formula is C27H25FN4OS. The molecule has 7 heteroatoms. The van der Waals surface area contributed by atoms with Crippen LogP contribution in [0.25, 0.3) is 17.1 Å². The standard InChI is InChI=1S/C27H25FN4OS/c1-19-4-8-21(9-5-19)25-29-30-27(32(25)24-14-12-23(28)13-15-24)34-18-20-6-10-22(11-7-20)26(33)31-16-2-3-17-31/h4-15H,2-3,16-18H2,1H3. The highest BCUT2D eigenvalue weighted by Gasteiger charge is 2.20. The lowest BCUT2D eigenvalue weighted by atomic mass is 10.1. The third-order valence-corrected chi connectivity index (χ3v) is 6.99. The summed E-state index contributed by atoms with van der Waals surface area (Å²) in [6.45, 7) is 3.73. The maximum absolute atomic E-state index is 13.6. The highest BCUT2D eigenvalue weighted by Crippen LogP contribution is 2.30. The SMILES string of the molecule is Cc1ccc(-c2nnc(SCc3ccc(C(=O)N4CCCC4)cc3)n2-c2ccc(F)cc2)cc1. The van der Waals surface area contributed by atoms with Gasteiger partial charge < -0.3 is 4.90 Å². The zero-order chi connectivity index (χ0) is 23.5. The summed E-state index contributed by atoms with van der Waals surface area (Å²) in [7, 11) is 0. The Morgan fingerprint density at radius 2 is 1.59 bits per heavy atom. The van der Waals surface area contributed by atoms with Crippen LogP contribution in [0.3, 0.4) is 0 Å². The van der Waals surface area contributed by atoms with Gasteiger partial charge in [0.25, 0.3) is 5.91 Å². The maximum atomic E-state index is 13.6. The van der Waals surface area contributed by atoms with E-state index in [4.69, 9.17) is 0 Å². The molecule has 5 nitrogen and oxygen atoms in total. The van der Waals surface area contributed by atoms with Gasteiger partial charge in [-0.1, -0.05) is 53.7 Å². The first-order valence-electron chi connectivity index (χ1n) is 11.4. The molecule has 4 aromatic rings. The lowest BCUT2D eigenvalue weighted by Gasteiger charge is -2.15. The van der Waals surface area contributed by atoms with Crippen molar-refractivity contribution in [3.63, 3.8) is 0 Å². The van der Waals surface area contributed by atoms with Crippen LogP contribution >= 0.6 is 11.8 Å². The van der Waals surface area contributed by atoms with E-state index < -0.39 is 0 Å². The zero-order valence-corrected chi connectivity index (χ0v) is 19.8. The molecule has 0 bridgehead atoms. The Morgan fingerprint density at radius 3 is 2.26 bits per heavy atom. The van der Waals surface area contributed by atoms with Crippen molar-refractivity contribution >= 4 is 17.7 Å². The Labute approximate surface area is 202 Å². The summed E-state index contributed by atoms with van der Waals surface area (Å²) in [5.41, 5.74) is 4.73. The number of likely N-dealkylation sites (tertiary alicyclic amines) is 1. The smallest absolute Gasteiger partial charge is 0.253 e. The van der Waals surface area contributed by atoms with Crippen molar-refractivity contribution < 1.29 is 9.18 Å². The lowest BCUT2D eigenvalue weighted by Crippen LogP contribution is -2.27. The molecule has 5 rings (SSSR count). The Morgan fingerprint density at radius 1 is 0.912 bits per heavy atom. The zero-order valence-electron chi connectivity index (χ0n) is 18.9. The maximum Gasteiger partial charge on any atom is 0.253 e. The van der Waals surface area contributed by atoms with Gasteiger partial charge in [0, 0.05) is 35.7 Å². The predicted molar refractivity (Wildman–Crippen MR) is 133 cm³/mol. The second kappa shape index (κ2) is 9.81. The van der Waals surface area contributed by atoms with Crippen LogP contribution in [0.2, 0.25) is 0 Å². The van der Waals surface area contributed by atoms with E-state index in [2.05, 4.69) is 10.2 Å². The molecule has 0 saturated carbocycles. The number of amides is 1. The van der Waals surface area contributed by atoms with Crippen molar-refractivity contribution in [3.8, 4) is 17.1 Å². The van der Waals surface area contributed by atoms with E-state index in [1.165, 1.54) is 12.1 Å². The molecule has 0 atom stereocenters. The van der Waals surface area contributed by atoms with E-state index in [1.54, 1.807) is 23.9 Å². The van der Waals surface area contributed by atoms with E-state index in [1.807, 2.05) is 64.9 Å². The molecule has 1 aromatic heterocycles. The number of halogens is 1. The van der Waals surface area contributed by atoms with E-state index in [0.717, 1.165) is 59.0 Å². The fourth-order valence-corrected chi connectivity index (χ4v) is 4.98. The molecular weight excluding hydrogens is 447 g/mol. The van der Waals surface area contributed by atoms with Gasteiger partial charge in [0.15, 0.2) is 11.0 Å². The van der Waals surface area contributed by atoms with Crippen LogP contribution in [0.15, 0.2) is 78.0 Å². The van der Waals surface area contributed by atoms with Crippen LogP contribution in [-0.4, -0.2) is 38.7 Å². The van der Waals surface area contributed by atoms with Crippen LogP contribution in [0, 0.1) is 12.7 Å². The normalized spacial score (nSPS) is 13.4. The number of carbonyl (C=O) groups excluding carboxylic acids is 1. The molecule has 34 heavy (non-hydrogen) atoms. The fourth-order valence-electron chi connectivity index (χ4n) is 4.07. The predicted octanol–water partition coefficient (Wildman–Crippen LogP) is 5.91. The minimum absolute atomic E-state index is 0.107. The summed E-state index contributed by atoms with van der Waals surface area (Å²) in [4.78, 5) is 14.5. The minimum atomic E-state index is -0.286. The average molecular weight is 473 g/mol. The third kappa shape index (κ3) is 4.75. The molecule has 1 saturated heterocycles. The van der Waals surface area contributed by atoms with Crippen LogP contribution < -0.4 is 0 Å². The number of aromatic nitrogens is 3. The number of thioether (sulfide) groups is 1. The van der Waals surface area contributed by atoms with E-state index in [-0.39, 0.29) is 11.7 Å². The Bertz CT molecular complexity index is 1280. The van der Waals surface area contributed by atoms with E-state index >= 15 is 0 Å². The second-order valence-corrected chi connectivity index (χ2v) is 9.41. The van der Waals surface area contributed by atoms with Crippen molar-refractivity contribution in [3.05, 3.63) is 95.3 Å². The van der Waals surface area contributed by atoms with E-state index in [9.17, 15) is 9.18 Å². The lowest BCUT2D eigenvalue weighted by molar-refractivity contribution is 0.0793. The average Bonchev–Trinajstić information content (AvgIpc) is 3.54. The molecule has 2 heterocycles. The second-order valence-electron chi connectivity index (χ2n) is 8.47. The molecule has 0 aliphatic carbocycles. The summed E-state index contributed by atoms with van der Waals surface area (Å²) < 4.78 is 15.5. The molecule has 3 aromatic carbocycles. The van der Waals surface area contributed by atoms with Crippen LogP contribution in [0.4, 0.5) is 4.39 Å². The first-order valence-corrected chi connectivity index (χ1v) is 12.4. The number of hydrogen-bond donors (Lipinski definition) is 0. The van der Waals surface area contributed by atoms with Gasteiger partial charge in [-0.05, 0) is 61.7 Å². The van der Waals surface area contributed by atoms with Gasteiger partial charge in [0.05, 0.1) is 0 Å². The fraction of sp³-hybridized carbons (Fsp3) is 0.222. The number of carbonyl (C=O) groups is 1. The van der Waals surface area contributed by atoms with Gasteiger partial charge in [-0.2, -0.15) is 0 Å². The number of rotatable bonds is 6. The van der Waals surface area contributed by atoms with Crippen molar-refractivity contribution in [2.45, 2.75) is 30.7 Å². The molecule has 1 aliphatic rings. The molecule has 0 unspecified atom stereocenters. The third-order valence-electron chi connectivity index (χ3n) is 5.99. The minimum Gasteiger partial charge on any atom is -0.339 e. The Hall–Kier alpha value is -3.45. The molecule has 0 spiro atoms.